The van der Waals surface area contributed by atoms with Crippen molar-refractivity contribution >= 4 is 23.1 Å². The van der Waals surface area contributed by atoms with Crippen LogP contribution in [0.4, 0.5) is 4.39 Å². The van der Waals surface area contributed by atoms with Crippen LogP contribution in [-0.4, -0.2) is 35.6 Å². The zero-order valence-electron chi connectivity index (χ0n) is 9.69. The second-order valence-electron chi connectivity index (χ2n) is 4.08. The lowest BCUT2D eigenvalue weighted by Gasteiger charge is -2.27. The number of carbonyl (C=O) groups excluding carboxylic acids is 1. The Kier molecular flexibility index (Phi) is 3.88. The topological polar surface area (TPSA) is 55.6 Å². The zero-order valence-corrected chi connectivity index (χ0v) is 10.5. The molecule has 1 aliphatic heterocycles. The van der Waals surface area contributed by atoms with Gasteiger partial charge in [-0.25, -0.2) is 4.39 Å². The van der Waals surface area contributed by atoms with E-state index in [1.165, 1.54) is 12.1 Å². The highest BCUT2D eigenvalue weighted by Crippen LogP contribution is 2.13. The van der Waals surface area contributed by atoms with Gasteiger partial charge in [0.05, 0.1) is 6.61 Å². The van der Waals surface area contributed by atoms with Gasteiger partial charge in [0, 0.05) is 18.7 Å². The molecule has 1 heterocycles. The van der Waals surface area contributed by atoms with Gasteiger partial charge in [-0.15, -0.1) is 0 Å². The minimum absolute atomic E-state index is 0.0808. The summed E-state index contributed by atoms with van der Waals surface area (Å²) in [6.45, 7) is 1.44. The molecule has 0 bridgehead atoms. The summed E-state index contributed by atoms with van der Waals surface area (Å²) in [5, 5.41) is 0. The van der Waals surface area contributed by atoms with Crippen LogP contribution < -0.4 is 5.73 Å². The number of thiocarbonyl (C=S) groups is 1. The third-order valence-electron chi connectivity index (χ3n) is 2.70. The normalized spacial score (nSPS) is 15.8. The molecule has 0 aliphatic carbocycles. The van der Waals surface area contributed by atoms with E-state index in [1.54, 1.807) is 11.0 Å². The minimum atomic E-state index is -0.406. The molecule has 0 aromatic heterocycles. The quantitative estimate of drug-likeness (QED) is 0.825. The van der Waals surface area contributed by atoms with Crippen molar-refractivity contribution in [1.29, 1.82) is 0 Å². The molecule has 1 fully saturated rings. The number of halogens is 1. The Morgan fingerprint density at radius 1 is 1.50 bits per heavy atom. The number of carbonyl (C=O) groups is 1. The Hall–Kier alpha value is -1.53. The van der Waals surface area contributed by atoms with Crippen molar-refractivity contribution < 1.29 is 13.9 Å². The van der Waals surface area contributed by atoms with Crippen LogP contribution in [0.25, 0.3) is 0 Å². The summed E-state index contributed by atoms with van der Waals surface area (Å²) >= 11 is 4.82. The first-order valence-corrected chi connectivity index (χ1v) is 5.92. The summed E-state index contributed by atoms with van der Waals surface area (Å²) in [4.78, 5) is 13.3. The Morgan fingerprint density at radius 2 is 2.28 bits per heavy atom. The van der Waals surface area contributed by atoms with Crippen LogP contribution in [0.5, 0.6) is 0 Å². The Balaban J connectivity index is 2.17. The molecular formula is C12H13FN2O2S. The lowest BCUT2D eigenvalue weighted by Crippen LogP contribution is -2.40. The highest BCUT2D eigenvalue weighted by Gasteiger charge is 2.19. The van der Waals surface area contributed by atoms with Gasteiger partial charge in [-0.2, -0.15) is 0 Å². The van der Waals surface area contributed by atoms with Crippen LogP contribution in [0.2, 0.25) is 0 Å². The molecule has 1 aliphatic rings. The largest absolute Gasteiger partial charge is 0.389 e. The number of nitrogens with zero attached hydrogens (tertiary/aromatic N) is 1. The monoisotopic (exact) mass is 268 g/mol. The molecule has 2 N–H and O–H groups in total. The molecule has 18 heavy (non-hydrogen) atoms. The number of ether oxygens (including phenoxy) is 1. The summed E-state index contributed by atoms with van der Waals surface area (Å²) in [5.74, 6) is -0.501. The maximum absolute atomic E-state index is 13.4. The van der Waals surface area contributed by atoms with Gasteiger partial charge in [0.2, 0.25) is 5.91 Å². The van der Waals surface area contributed by atoms with Crippen LogP contribution in [-0.2, 0) is 16.1 Å². The van der Waals surface area contributed by atoms with E-state index in [0.29, 0.717) is 30.8 Å². The highest BCUT2D eigenvalue weighted by molar-refractivity contribution is 7.80. The van der Waals surface area contributed by atoms with Crippen molar-refractivity contribution in [2.75, 3.05) is 19.8 Å². The first-order chi connectivity index (χ1) is 8.56. The first kappa shape index (κ1) is 12.9. The van der Waals surface area contributed by atoms with Crippen LogP contribution in [0, 0.1) is 5.82 Å². The predicted octanol–water partition coefficient (Wildman–Crippen LogP) is 0.819. The molecule has 2 rings (SSSR count). The third kappa shape index (κ3) is 3.02. The zero-order chi connectivity index (χ0) is 13.1. The van der Waals surface area contributed by atoms with Crippen molar-refractivity contribution in [2.45, 2.75) is 6.54 Å². The van der Waals surface area contributed by atoms with E-state index in [4.69, 9.17) is 22.7 Å². The summed E-state index contributed by atoms with van der Waals surface area (Å²) in [7, 11) is 0. The SMILES string of the molecule is NC(=S)c1cc(F)cc(CN2CCOCC2=O)c1. The first-order valence-electron chi connectivity index (χ1n) is 5.51. The molecular weight excluding hydrogens is 255 g/mol. The fourth-order valence-electron chi connectivity index (χ4n) is 1.82. The summed E-state index contributed by atoms with van der Waals surface area (Å²) in [6, 6.07) is 4.37. The summed E-state index contributed by atoms with van der Waals surface area (Å²) < 4.78 is 18.4. The Morgan fingerprint density at radius 3 is 2.94 bits per heavy atom. The number of benzene rings is 1. The predicted molar refractivity (Wildman–Crippen MR) is 68.5 cm³/mol. The molecule has 0 unspecified atom stereocenters. The molecule has 1 amide bonds. The van der Waals surface area contributed by atoms with E-state index in [-0.39, 0.29) is 17.5 Å². The van der Waals surface area contributed by atoms with E-state index in [1.807, 2.05) is 0 Å². The van der Waals surface area contributed by atoms with Gasteiger partial charge in [-0.1, -0.05) is 12.2 Å². The molecule has 0 radical (unpaired) electrons. The Bertz CT molecular complexity index is 493. The molecule has 6 heteroatoms. The highest BCUT2D eigenvalue weighted by atomic mass is 32.1. The van der Waals surface area contributed by atoms with E-state index in [2.05, 4.69) is 0 Å². The van der Waals surface area contributed by atoms with Gasteiger partial charge in [0.15, 0.2) is 0 Å². The van der Waals surface area contributed by atoms with Gasteiger partial charge in [0.25, 0.3) is 0 Å². The molecule has 1 aromatic rings. The van der Waals surface area contributed by atoms with Gasteiger partial charge in [-0.05, 0) is 23.8 Å². The molecule has 0 spiro atoms. The maximum atomic E-state index is 13.4. The second kappa shape index (κ2) is 5.41. The van der Waals surface area contributed by atoms with Crippen molar-refractivity contribution in [3.63, 3.8) is 0 Å². The molecule has 0 atom stereocenters. The van der Waals surface area contributed by atoms with Gasteiger partial charge in [0.1, 0.15) is 17.4 Å². The number of hydrogen-bond acceptors (Lipinski definition) is 3. The number of morpholine rings is 1. The molecule has 1 aromatic carbocycles. The van der Waals surface area contributed by atoms with Gasteiger partial charge >= 0.3 is 0 Å². The van der Waals surface area contributed by atoms with Gasteiger partial charge in [-0.3, -0.25) is 4.79 Å². The molecule has 0 saturated carbocycles. The van der Waals surface area contributed by atoms with E-state index < -0.39 is 5.82 Å². The van der Waals surface area contributed by atoms with E-state index in [0.717, 1.165) is 0 Å². The number of hydrogen-bond donors (Lipinski definition) is 1. The second-order valence-corrected chi connectivity index (χ2v) is 4.52. The minimum Gasteiger partial charge on any atom is -0.389 e. The third-order valence-corrected chi connectivity index (χ3v) is 2.94. The average molecular weight is 268 g/mol. The van der Waals surface area contributed by atoms with Crippen LogP contribution in [0.15, 0.2) is 18.2 Å². The lowest BCUT2D eigenvalue weighted by atomic mass is 10.1. The van der Waals surface area contributed by atoms with Crippen molar-refractivity contribution in [1.82, 2.24) is 4.90 Å². The van der Waals surface area contributed by atoms with E-state index in [9.17, 15) is 9.18 Å². The molecule has 1 saturated heterocycles. The molecule has 96 valence electrons. The number of rotatable bonds is 3. The Labute approximate surface area is 110 Å². The molecule has 4 nitrogen and oxygen atoms in total. The average Bonchev–Trinajstić information content (AvgIpc) is 2.31. The summed E-state index contributed by atoms with van der Waals surface area (Å²) in [5.41, 5.74) is 6.62. The standard InChI is InChI=1S/C12H13FN2O2S/c13-10-4-8(3-9(5-10)12(14)18)6-15-1-2-17-7-11(15)16/h3-5H,1-2,6-7H2,(H2,14,18). The van der Waals surface area contributed by atoms with Crippen molar-refractivity contribution in [2.24, 2.45) is 5.73 Å². The van der Waals surface area contributed by atoms with Crippen molar-refractivity contribution in [3.8, 4) is 0 Å². The fourth-order valence-corrected chi connectivity index (χ4v) is 1.94. The van der Waals surface area contributed by atoms with Gasteiger partial charge < -0.3 is 15.4 Å². The maximum Gasteiger partial charge on any atom is 0.248 e. The van der Waals surface area contributed by atoms with Crippen LogP contribution >= 0.6 is 12.2 Å². The summed E-state index contributed by atoms with van der Waals surface area (Å²) in [6.07, 6.45) is 0. The fraction of sp³-hybridized carbons (Fsp3) is 0.333. The smallest absolute Gasteiger partial charge is 0.248 e. The number of nitrogens with two attached hydrogens (primary N) is 1. The van der Waals surface area contributed by atoms with Crippen LogP contribution in [0.1, 0.15) is 11.1 Å². The van der Waals surface area contributed by atoms with Crippen molar-refractivity contribution in [3.05, 3.63) is 35.1 Å². The van der Waals surface area contributed by atoms with Crippen LogP contribution in [0.3, 0.4) is 0 Å². The lowest BCUT2D eigenvalue weighted by molar-refractivity contribution is -0.143. The van der Waals surface area contributed by atoms with E-state index >= 15 is 0 Å². The number of amides is 1.